The fraction of sp³-hybridized carbons (Fsp3) is 0.750. The van der Waals surface area contributed by atoms with Crippen molar-refractivity contribution in [1.29, 1.82) is 0 Å². The lowest BCUT2D eigenvalue weighted by Crippen LogP contribution is -2.49. The number of rotatable bonds is 6. The molecule has 20 heavy (non-hydrogen) atoms. The number of amides is 1. The Bertz CT molecular complexity index is 431. The lowest BCUT2D eigenvalue weighted by molar-refractivity contribution is -0.121. The minimum atomic E-state index is 0.0659. The van der Waals surface area contributed by atoms with Crippen molar-refractivity contribution >= 4 is 22.6 Å². The highest BCUT2D eigenvalue weighted by Gasteiger charge is 2.21. The molecule has 7 nitrogen and oxygen atoms in total. The van der Waals surface area contributed by atoms with Crippen LogP contribution in [0.4, 0.5) is 5.13 Å². The van der Waals surface area contributed by atoms with Crippen LogP contribution in [-0.2, 0) is 16.0 Å². The summed E-state index contributed by atoms with van der Waals surface area (Å²) in [5.74, 6) is 0.913. The molecule has 0 aliphatic carbocycles. The summed E-state index contributed by atoms with van der Waals surface area (Å²) in [7, 11) is 3.35. The summed E-state index contributed by atoms with van der Waals surface area (Å²) in [5.41, 5.74) is 0. The molecule has 0 atom stereocenters. The molecule has 1 amide bonds. The van der Waals surface area contributed by atoms with Gasteiger partial charge in [-0.2, -0.15) is 4.37 Å². The third-order valence-electron chi connectivity index (χ3n) is 3.28. The number of piperazine rings is 1. The van der Waals surface area contributed by atoms with Crippen LogP contribution in [0.25, 0.3) is 0 Å². The summed E-state index contributed by atoms with van der Waals surface area (Å²) >= 11 is 1.44. The van der Waals surface area contributed by atoms with Crippen LogP contribution >= 0.6 is 11.5 Å². The van der Waals surface area contributed by atoms with Crippen LogP contribution in [0.15, 0.2) is 0 Å². The number of hydrogen-bond acceptors (Lipinski definition) is 7. The largest absolute Gasteiger partial charge is 0.384 e. The van der Waals surface area contributed by atoms with Gasteiger partial charge in [-0.3, -0.25) is 9.69 Å². The van der Waals surface area contributed by atoms with E-state index in [1.807, 2.05) is 0 Å². The van der Waals surface area contributed by atoms with Gasteiger partial charge in [0.05, 0.1) is 13.2 Å². The molecule has 1 N–H and O–H groups in total. The molecule has 1 aliphatic heterocycles. The van der Waals surface area contributed by atoms with E-state index in [4.69, 9.17) is 4.74 Å². The van der Waals surface area contributed by atoms with Gasteiger partial charge in [0.2, 0.25) is 11.0 Å². The molecule has 8 heteroatoms. The summed E-state index contributed by atoms with van der Waals surface area (Å²) in [4.78, 5) is 20.3. The maximum Gasteiger partial charge on any atom is 0.233 e. The standard InChI is InChI=1S/C12H21N5O2S/c1-13-11(18)9-16-4-6-17(7-5-16)12-14-10(15-20-12)3-8-19-2/h3-9H2,1-2H3,(H,13,18). The quantitative estimate of drug-likeness (QED) is 0.770. The van der Waals surface area contributed by atoms with E-state index in [0.29, 0.717) is 13.2 Å². The van der Waals surface area contributed by atoms with E-state index >= 15 is 0 Å². The molecule has 0 radical (unpaired) electrons. The highest BCUT2D eigenvalue weighted by molar-refractivity contribution is 7.09. The second kappa shape index (κ2) is 7.51. The Labute approximate surface area is 123 Å². The van der Waals surface area contributed by atoms with Crippen LogP contribution in [-0.4, -0.2) is 73.7 Å². The second-order valence-electron chi connectivity index (χ2n) is 4.67. The van der Waals surface area contributed by atoms with Crippen LogP contribution in [0, 0.1) is 0 Å². The van der Waals surface area contributed by atoms with Crippen LogP contribution in [0.1, 0.15) is 5.82 Å². The number of nitrogens with one attached hydrogen (secondary N) is 1. The third-order valence-corrected chi connectivity index (χ3v) is 4.09. The van der Waals surface area contributed by atoms with E-state index in [9.17, 15) is 4.79 Å². The van der Waals surface area contributed by atoms with Crippen molar-refractivity contribution in [3.05, 3.63) is 5.82 Å². The normalized spacial score (nSPS) is 16.4. The lowest BCUT2D eigenvalue weighted by atomic mass is 10.3. The van der Waals surface area contributed by atoms with E-state index in [-0.39, 0.29) is 5.91 Å². The minimum Gasteiger partial charge on any atom is -0.384 e. The number of aromatic nitrogens is 2. The van der Waals surface area contributed by atoms with Gasteiger partial charge in [0, 0.05) is 58.3 Å². The van der Waals surface area contributed by atoms with Crippen molar-refractivity contribution in [3.8, 4) is 0 Å². The Morgan fingerprint density at radius 3 is 2.80 bits per heavy atom. The van der Waals surface area contributed by atoms with E-state index in [0.717, 1.165) is 43.6 Å². The molecule has 2 heterocycles. The fourth-order valence-electron chi connectivity index (χ4n) is 2.05. The number of ether oxygens (including phenoxy) is 1. The first kappa shape index (κ1) is 15.1. The zero-order valence-corrected chi connectivity index (χ0v) is 12.8. The monoisotopic (exact) mass is 299 g/mol. The van der Waals surface area contributed by atoms with Gasteiger partial charge in [-0.1, -0.05) is 0 Å². The fourth-order valence-corrected chi connectivity index (χ4v) is 2.81. The summed E-state index contributed by atoms with van der Waals surface area (Å²) in [6.45, 7) is 4.64. The average Bonchev–Trinajstić information content (AvgIpc) is 2.94. The van der Waals surface area contributed by atoms with Crippen LogP contribution in [0.3, 0.4) is 0 Å². The summed E-state index contributed by atoms with van der Waals surface area (Å²) in [5, 5.41) is 3.62. The molecular weight excluding hydrogens is 278 g/mol. The van der Waals surface area contributed by atoms with Crippen molar-refractivity contribution in [2.75, 3.05) is 58.4 Å². The van der Waals surface area contributed by atoms with Gasteiger partial charge in [-0.25, -0.2) is 4.98 Å². The highest BCUT2D eigenvalue weighted by Crippen LogP contribution is 2.19. The number of nitrogens with zero attached hydrogens (tertiary/aromatic N) is 4. The van der Waals surface area contributed by atoms with Gasteiger partial charge in [0.25, 0.3) is 0 Å². The predicted octanol–water partition coefficient (Wildman–Crippen LogP) is -0.405. The number of likely N-dealkylation sites (N-methyl/N-ethyl adjacent to an activating group) is 1. The van der Waals surface area contributed by atoms with E-state index in [1.54, 1.807) is 14.2 Å². The van der Waals surface area contributed by atoms with E-state index in [1.165, 1.54) is 11.5 Å². The SMILES string of the molecule is CNC(=O)CN1CCN(c2nc(CCOC)ns2)CC1. The Hall–Kier alpha value is -1.25. The Morgan fingerprint density at radius 2 is 2.15 bits per heavy atom. The van der Waals surface area contributed by atoms with Crippen molar-refractivity contribution in [1.82, 2.24) is 19.6 Å². The van der Waals surface area contributed by atoms with Gasteiger partial charge in [-0.05, 0) is 0 Å². The molecule has 112 valence electrons. The maximum atomic E-state index is 11.3. The first-order chi connectivity index (χ1) is 9.72. The minimum absolute atomic E-state index is 0.0659. The Morgan fingerprint density at radius 1 is 1.40 bits per heavy atom. The van der Waals surface area contributed by atoms with Crippen LogP contribution in [0.5, 0.6) is 0 Å². The van der Waals surface area contributed by atoms with Gasteiger partial charge in [0.15, 0.2) is 0 Å². The van der Waals surface area contributed by atoms with E-state index < -0.39 is 0 Å². The molecule has 0 bridgehead atoms. The second-order valence-corrected chi connectivity index (χ2v) is 5.40. The molecule has 0 spiro atoms. The van der Waals surface area contributed by atoms with Gasteiger partial charge in [0.1, 0.15) is 5.82 Å². The molecule has 1 saturated heterocycles. The number of carbonyl (C=O) groups is 1. The topological polar surface area (TPSA) is 70.6 Å². The first-order valence-electron chi connectivity index (χ1n) is 6.72. The third kappa shape index (κ3) is 4.12. The van der Waals surface area contributed by atoms with Crippen molar-refractivity contribution in [2.45, 2.75) is 6.42 Å². The van der Waals surface area contributed by atoms with Crippen molar-refractivity contribution < 1.29 is 9.53 Å². The molecule has 0 saturated carbocycles. The smallest absolute Gasteiger partial charge is 0.233 e. The average molecular weight is 299 g/mol. The molecular formula is C12H21N5O2S. The molecule has 1 fully saturated rings. The van der Waals surface area contributed by atoms with Crippen LogP contribution < -0.4 is 10.2 Å². The number of hydrogen-bond donors (Lipinski definition) is 1. The Kier molecular flexibility index (Phi) is 5.69. The summed E-state index contributed by atoms with van der Waals surface area (Å²) < 4.78 is 9.37. The Balaban J connectivity index is 1.81. The lowest BCUT2D eigenvalue weighted by Gasteiger charge is -2.33. The predicted molar refractivity (Wildman–Crippen MR) is 78.2 cm³/mol. The molecule has 1 aromatic rings. The maximum absolute atomic E-state index is 11.3. The molecule has 1 aromatic heterocycles. The molecule has 2 rings (SSSR count). The first-order valence-corrected chi connectivity index (χ1v) is 7.49. The zero-order chi connectivity index (χ0) is 14.4. The zero-order valence-electron chi connectivity index (χ0n) is 12.0. The van der Waals surface area contributed by atoms with Gasteiger partial charge in [-0.15, -0.1) is 0 Å². The van der Waals surface area contributed by atoms with Gasteiger partial charge < -0.3 is 15.0 Å². The highest BCUT2D eigenvalue weighted by atomic mass is 32.1. The molecule has 1 aliphatic rings. The summed E-state index contributed by atoms with van der Waals surface area (Å²) in [6.07, 6.45) is 0.754. The van der Waals surface area contributed by atoms with Crippen molar-refractivity contribution in [2.24, 2.45) is 0 Å². The van der Waals surface area contributed by atoms with E-state index in [2.05, 4.69) is 24.5 Å². The number of anilines is 1. The summed E-state index contributed by atoms with van der Waals surface area (Å²) in [6, 6.07) is 0. The number of methoxy groups -OCH3 is 1. The molecule has 0 unspecified atom stereocenters. The van der Waals surface area contributed by atoms with Crippen LogP contribution in [0.2, 0.25) is 0 Å². The number of carbonyl (C=O) groups excluding carboxylic acids is 1. The molecule has 0 aromatic carbocycles. The van der Waals surface area contributed by atoms with Crippen molar-refractivity contribution in [3.63, 3.8) is 0 Å². The van der Waals surface area contributed by atoms with Gasteiger partial charge >= 0.3 is 0 Å².